The summed E-state index contributed by atoms with van der Waals surface area (Å²) in [6.45, 7) is -0.443. The molecule has 88 valence electrons. The Balaban J connectivity index is 2.95. The van der Waals surface area contributed by atoms with Crippen LogP contribution < -0.4 is 0 Å². The Hall–Kier alpha value is -1.30. The van der Waals surface area contributed by atoms with Gasteiger partial charge in [0.2, 0.25) is 6.54 Å². The zero-order chi connectivity index (χ0) is 12.3. The van der Waals surface area contributed by atoms with Gasteiger partial charge in [0.1, 0.15) is 0 Å². The Morgan fingerprint density at radius 2 is 2.00 bits per heavy atom. The predicted molar refractivity (Wildman–Crippen MR) is 52.0 cm³/mol. The van der Waals surface area contributed by atoms with Crippen LogP contribution >= 0.6 is 11.6 Å². The first-order valence-electron chi connectivity index (χ1n) is 4.28. The second-order valence-electron chi connectivity index (χ2n) is 3.11. The van der Waals surface area contributed by atoms with Crippen molar-refractivity contribution in [3.8, 4) is 0 Å². The number of rotatable bonds is 3. The van der Waals surface area contributed by atoms with Gasteiger partial charge in [0.15, 0.2) is 0 Å². The summed E-state index contributed by atoms with van der Waals surface area (Å²) in [5.74, 6) is 0. The Labute approximate surface area is 94.0 Å². The average Bonchev–Trinajstić information content (AvgIpc) is 2.14. The maximum Gasteiger partial charge on any atom is 0.416 e. The first kappa shape index (κ1) is 12.8. The van der Waals surface area contributed by atoms with Gasteiger partial charge in [-0.25, -0.2) is 0 Å². The van der Waals surface area contributed by atoms with E-state index >= 15 is 0 Å². The lowest BCUT2D eigenvalue weighted by Gasteiger charge is -2.09. The molecule has 0 unspecified atom stereocenters. The van der Waals surface area contributed by atoms with Gasteiger partial charge in [0, 0.05) is 16.4 Å². The standard InChI is InChI=1S/C9H7ClF3NO2/c10-8-2-1-7(9(11,12)13)5-6(8)3-4-14(15)16/h1-2,5H,3-4H2. The molecule has 7 heteroatoms. The highest BCUT2D eigenvalue weighted by molar-refractivity contribution is 6.31. The van der Waals surface area contributed by atoms with Crippen molar-refractivity contribution in [1.82, 2.24) is 0 Å². The van der Waals surface area contributed by atoms with E-state index in [0.29, 0.717) is 0 Å². The number of benzene rings is 1. The number of nitrogens with zero attached hydrogens (tertiary/aromatic N) is 1. The number of nitro groups is 1. The fourth-order valence-corrected chi connectivity index (χ4v) is 1.37. The number of hydrogen-bond donors (Lipinski definition) is 0. The van der Waals surface area contributed by atoms with Crippen LogP contribution in [-0.2, 0) is 12.6 Å². The third kappa shape index (κ3) is 3.37. The summed E-state index contributed by atoms with van der Waals surface area (Å²) in [6.07, 6.45) is -4.58. The first-order valence-corrected chi connectivity index (χ1v) is 4.66. The summed E-state index contributed by atoms with van der Waals surface area (Å²) in [6, 6.07) is 2.78. The molecule has 0 aromatic heterocycles. The van der Waals surface area contributed by atoms with Crippen LogP contribution in [-0.4, -0.2) is 11.5 Å². The number of hydrogen-bond acceptors (Lipinski definition) is 2. The van der Waals surface area contributed by atoms with Crippen LogP contribution in [0.4, 0.5) is 13.2 Å². The van der Waals surface area contributed by atoms with Crippen molar-refractivity contribution in [1.29, 1.82) is 0 Å². The van der Waals surface area contributed by atoms with Gasteiger partial charge in [-0.2, -0.15) is 13.2 Å². The van der Waals surface area contributed by atoms with Crippen LogP contribution in [0.15, 0.2) is 18.2 Å². The minimum Gasteiger partial charge on any atom is -0.265 e. The van der Waals surface area contributed by atoms with Gasteiger partial charge < -0.3 is 0 Å². The molecule has 0 aliphatic carbocycles. The van der Waals surface area contributed by atoms with Gasteiger partial charge in [-0.1, -0.05) is 11.6 Å². The molecule has 0 aliphatic rings. The van der Waals surface area contributed by atoms with Crippen LogP contribution in [0.3, 0.4) is 0 Å². The van der Waals surface area contributed by atoms with E-state index in [9.17, 15) is 23.3 Å². The van der Waals surface area contributed by atoms with E-state index in [0.717, 1.165) is 18.2 Å². The number of alkyl halides is 3. The van der Waals surface area contributed by atoms with Gasteiger partial charge in [0.25, 0.3) is 0 Å². The van der Waals surface area contributed by atoms with E-state index in [2.05, 4.69) is 0 Å². The highest BCUT2D eigenvalue weighted by Crippen LogP contribution is 2.31. The van der Waals surface area contributed by atoms with Crippen molar-refractivity contribution in [2.24, 2.45) is 0 Å². The van der Waals surface area contributed by atoms with Crippen molar-refractivity contribution in [2.75, 3.05) is 6.54 Å². The normalized spacial score (nSPS) is 11.5. The van der Waals surface area contributed by atoms with E-state index in [1.807, 2.05) is 0 Å². The van der Waals surface area contributed by atoms with Crippen LogP contribution in [0, 0.1) is 10.1 Å². The summed E-state index contributed by atoms with van der Waals surface area (Å²) in [4.78, 5) is 9.51. The molecule has 0 saturated heterocycles. The van der Waals surface area contributed by atoms with Crippen molar-refractivity contribution in [2.45, 2.75) is 12.6 Å². The number of halogens is 4. The first-order chi connectivity index (χ1) is 7.30. The molecule has 0 spiro atoms. The summed E-state index contributed by atoms with van der Waals surface area (Å²) < 4.78 is 37.0. The van der Waals surface area contributed by atoms with E-state index in [-0.39, 0.29) is 17.0 Å². The third-order valence-corrected chi connectivity index (χ3v) is 2.31. The van der Waals surface area contributed by atoms with E-state index < -0.39 is 23.2 Å². The lowest BCUT2D eigenvalue weighted by atomic mass is 10.1. The van der Waals surface area contributed by atoms with Crippen LogP contribution in [0.1, 0.15) is 11.1 Å². The molecule has 0 aliphatic heterocycles. The molecule has 0 fully saturated rings. The molecule has 0 bridgehead atoms. The van der Waals surface area contributed by atoms with Gasteiger partial charge in [0.05, 0.1) is 5.56 Å². The summed E-state index contributed by atoms with van der Waals surface area (Å²) >= 11 is 5.64. The highest BCUT2D eigenvalue weighted by Gasteiger charge is 2.30. The monoisotopic (exact) mass is 253 g/mol. The van der Waals surface area contributed by atoms with Crippen molar-refractivity contribution >= 4 is 11.6 Å². The summed E-state index contributed by atoms with van der Waals surface area (Å²) in [5, 5.41) is 10.2. The molecule has 1 aromatic rings. The maximum atomic E-state index is 12.3. The molecule has 0 heterocycles. The Bertz CT molecular complexity index is 406. The van der Waals surface area contributed by atoms with E-state index in [4.69, 9.17) is 11.6 Å². The van der Waals surface area contributed by atoms with Crippen molar-refractivity contribution in [3.05, 3.63) is 44.5 Å². The van der Waals surface area contributed by atoms with Crippen LogP contribution in [0.5, 0.6) is 0 Å². The fourth-order valence-electron chi connectivity index (χ4n) is 1.15. The largest absolute Gasteiger partial charge is 0.416 e. The summed E-state index contributed by atoms with van der Waals surface area (Å²) in [7, 11) is 0. The molecule has 0 radical (unpaired) electrons. The summed E-state index contributed by atoms with van der Waals surface area (Å²) in [5.41, 5.74) is -0.719. The van der Waals surface area contributed by atoms with Gasteiger partial charge in [-0.05, 0) is 23.8 Å². The lowest BCUT2D eigenvalue weighted by Crippen LogP contribution is -2.08. The van der Waals surface area contributed by atoms with E-state index in [1.54, 1.807) is 0 Å². The Morgan fingerprint density at radius 3 is 2.50 bits per heavy atom. The van der Waals surface area contributed by atoms with Crippen LogP contribution in [0.2, 0.25) is 5.02 Å². The average molecular weight is 254 g/mol. The fraction of sp³-hybridized carbons (Fsp3) is 0.333. The Morgan fingerprint density at radius 1 is 1.38 bits per heavy atom. The molecule has 1 aromatic carbocycles. The smallest absolute Gasteiger partial charge is 0.265 e. The van der Waals surface area contributed by atoms with Gasteiger partial charge in [-0.3, -0.25) is 10.1 Å². The second-order valence-corrected chi connectivity index (χ2v) is 3.52. The molecule has 16 heavy (non-hydrogen) atoms. The third-order valence-electron chi connectivity index (χ3n) is 1.94. The predicted octanol–water partition coefficient (Wildman–Crippen LogP) is 3.18. The Kier molecular flexibility index (Phi) is 3.74. The minimum atomic E-state index is -4.46. The van der Waals surface area contributed by atoms with Gasteiger partial charge >= 0.3 is 6.18 Å². The van der Waals surface area contributed by atoms with Crippen LogP contribution in [0.25, 0.3) is 0 Å². The van der Waals surface area contributed by atoms with E-state index in [1.165, 1.54) is 0 Å². The molecule has 3 nitrogen and oxygen atoms in total. The molecular weight excluding hydrogens is 247 g/mol. The zero-order valence-corrected chi connectivity index (χ0v) is 8.68. The quantitative estimate of drug-likeness (QED) is 0.613. The van der Waals surface area contributed by atoms with Crippen molar-refractivity contribution in [3.63, 3.8) is 0 Å². The highest BCUT2D eigenvalue weighted by atomic mass is 35.5. The minimum absolute atomic E-state index is 0.106. The SMILES string of the molecule is O=[N+]([O-])CCc1cc(C(F)(F)F)ccc1Cl. The zero-order valence-electron chi connectivity index (χ0n) is 7.92. The molecule has 0 atom stereocenters. The molecule has 0 saturated carbocycles. The molecular formula is C9H7ClF3NO2. The molecule has 0 amide bonds. The molecule has 1 rings (SSSR count). The van der Waals surface area contributed by atoms with Gasteiger partial charge in [-0.15, -0.1) is 0 Å². The maximum absolute atomic E-state index is 12.3. The molecule has 0 N–H and O–H groups in total. The lowest BCUT2D eigenvalue weighted by molar-refractivity contribution is -0.479. The van der Waals surface area contributed by atoms with Crippen molar-refractivity contribution < 1.29 is 18.1 Å². The second kappa shape index (κ2) is 4.69. The topological polar surface area (TPSA) is 43.1 Å².